The number of ether oxygens (including phenoxy) is 2. The molecular weight excluding hydrogens is 461 g/mol. The molecule has 2 aromatic rings. The first-order valence-corrected chi connectivity index (χ1v) is 12.3. The molecule has 0 radical (unpaired) electrons. The molecule has 8 nitrogen and oxygen atoms in total. The summed E-state index contributed by atoms with van der Waals surface area (Å²) in [6, 6.07) is 6.89. The number of aromatic nitrogens is 2. The highest BCUT2D eigenvalue weighted by Gasteiger charge is 2.41. The van der Waals surface area contributed by atoms with Gasteiger partial charge in [0.05, 0.1) is 19.3 Å². The zero-order valence-corrected chi connectivity index (χ0v) is 21.5. The summed E-state index contributed by atoms with van der Waals surface area (Å²) in [7, 11) is 0. The minimum absolute atomic E-state index is 0.0304. The van der Waals surface area contributed by atoms with E-state index in [2.05, 4.69) is 20.2 Å². The molecule has 0 spiro atoms. The standard InChI is InChI=1S/C27H34FN5O3/c1-18(2)36-24-7-6-20(16-30-24)22-15-27(17-31-19(22)3,33-10-12-35-13-11-33)32-25(34)23-14-21(8-9-29-23)26(4,5)28/h6-9,14,16-18H,10-13,15H2,1-5H3,(H,32,34). The second kappa shape index (κ2) is 10.4. The molecule has 192 valence electrons. The van der Waals surface area contributed by atoms with Crippen LogP contribution in [0.15, 0.2) is 47.3 Å². The van der Waals surface area contributed by atoms with Crippen LogP contribution in [0.4, 0.5) is 4.39 Å². The number of rotatable bonds is 7. The zero-order valence-electron chi connectivity index (χ0n) is 21.5. The Kier molecular flexibility index (Phi) is 7.51. The highest BCUT2D eigenvalue weighted by molar-refractivity contribution is 5.96. The SMILES string of the molecule is CC1=C(c2ccc(OC(C)C)nc2)CC(NC(=O)c2cc(C(C)(C)F)ccn2)(N2CCOCC2)C=N1. The predicted molar refractivity (Wildman–Crippen MR) is 137 cm³/mol. The van der Waals surface area contributed by atoms with E-state index in [4.69, 9.17) is 14.5 Å². The van der Waals surface area contributed by atoms with Gasteiger partial charge in [0.25, 0.3) is 5.91 Å². The molecule has 1 N–H and O–H groups in total. The van der Waals surface area contributed by atoms with E-state index in [0.29, 0.717) is 44.2 Å². The molecule has 2 aliphatic heterocycles. The number of pyridine rings is 2. The van der Waals surface area contributed by atoms with Gasteiger partial charge in [0.1, 0.15) is 17.0 Å². The van der Waals surface area contributed by atoms with Crippen LogP contribution in [0.2, 0.25) is 0 Å². The van der Waals surface area contributed by atoms with Crippen molar-refractivity contribution < 1.29 is 18.7 Å². The Morgan fingerprint density at radius 3 is 2.61 bits per heavy atom. The number of amides is 1. The maximum atomic E-state index is 14.5. The third-order valence-electron chi connectivity index (χ3n) is 6.38. The number of morpholine rings is 1. The molecule has 36 heavy (non-hydrogen) atoms. The lowest BCUT2D eigenvalue weighted by molar-refractivity contribution is -0.00627. The van der Waals surface area contributed by atoms with Crippen molar-refractivity contribution in [2.24, 2.45) is 4.99 Å². The van der Waals surface area contributed by atoms with E-state index in [0.717, 1.165) is 16.8 Å². The Hall–Kier alpha value is -3.17. The number of carbonyl (C=O) groups is 1. The maximum absolute atomic E-state index is 14.5. The molecule has 1 fully saturated rings. The van der Waals surface area contributed by atoms with Crippen molar-refractivity contribution in [2.45, 2.75) is 58.5 Å². The summed E-state index contributed by atoms with van der Waals surface area (Å²) in [5.41, 5.74) is 0.803. The van der Waals surface area contributed by atoms with Gasteiger partial charge in [-0.2, -0.15) is 0 Å². The number of hydrogen-bond acceptors (Lipinski definition) is 7. The van der Waals surface area contributed by atoms with Gasteiger partial charge in [-0.05, 0) is 69.5 Å². The summed E-state index contributed by atoms with van der Waals surface area (Å²) in [4.78, 5) is 29.0. The van der Waals surface area contributed by atoms with Crippen LogP contribution in [0.1, 0.15) is 62.7 Å². The number of hydrogen-bond donors (Lipinski definition) is 1. The van der Waals surface area contributed by atoms with Crippen molar-refractivity contribution in [1.29, 1.82) is 0 Å². The average molecular weight is 496 g/mol. The number of nitrogens with one attached hydrogen (secondary N) is 1. The van der Waals surface area contributed by atoms with Crippen LogP contribution >= 0.6 is 0 Å². The fraction of sp³-hybridized carbons (Fsp3) is 0.481. The van der Waals surface area contributed by atoms with Crippen molar-refractivity contribution in [1.82, 2.24) is 20.2 Å². The van der Waals surface area contributed by atoms with Gasteiger partial charge < -0.3 is 14.8 Å². The van der Waals surface area contributed by atoms with Crippen LogP contribution in [0.3, 0.4) is 0 Å². The quantitative estimate of drug-likeness (QED) is 0.621. The first-order chi connectivity index (χ1) is 17.1. The van der Waals surface area contributed by atoms with Crippen LogP contribution in [-0.4, -0.2) is 65.1 Å². The van der Waals surface area contributed by atoms with E-state index in [1.54, 1.807) is 18.5 Å². The number of alkyl halides is 1. The van der Waals surface area contributed by atoms with E-state index in [9.17, 15) is 9.18 Å². The summed E-state index contributed by atoms with van der Waals surface area (Å²) in [6.07, 6.45) is 5.54. The first kappa shape index (κ1) is 25.9. The van der Waals surface area contributed by atoms with E-state index in [1.807, 2.05) is 32.9 Å². The normalized spacial score (nSPS) is 21.1. The van der Waals surface area contributed by atoms with Crippen molar-refractivity contribution in [3.63, 3.8) is 0 Å². The van der Waals surface area contributed by atoms with Gasteiger partial charge in [-0.3, -0.25) is 19.7 Å². The number of carbonyl (C=O) groups excluding carboxylic acids is 1. The van der Waals surface area contributed by atoms with Gasteiger partial charge in [0.2, 0.25) is 5.88 Å². The summed E-state index contributed by atoms with van der Waals surface area (Å²) < 4.78 is 25.8. The lowest BCUT2D eigenvalue weighted by Crippen LogP contribution is -2.65. The van der Waals surface area contributed by atoms with Gasteiger partial charge >= 0.3 is 0 Å². The summed E-state index contributed by atoms with van der Waals surface area (Å²) in [5, 5.41) is 3.17. The third kappa shape index (κ3) is 5.79. The van der Waals surface area contributed by atoms with Crippen molar-refractivity contribution in [3.05, 3.63) is 59.2 Å². The largest absolute Gasteiger partial charge is 0.475 e. The first-order valence-electron chi connectivity index (χ1n) is 12.3. The highest BCUT2D eigenvalue weighted by Crippen LogP contribution is 2.35. The molecule has 2 aromatic heterocycles. The predicted octanol–water partition coefficient (Wildman–Crippen LogP) is 4.13. The van der Waals surface area contributed by atoms with E-state index < -0.39 is 17.2 Å². The molecule has 9 heteroatoms. The molecule has 4 rings (SSSR count). The fourth-order valence-corrected chi connectivity index (χ4v) is 4.40. The van der Waals surface area contributed by atoms with Crippen LogP contribution in [0.25, 0.3) is 5.57 Å². The van der Waals surface area contributed by atoms with Crippen molar-refractivity contribution >= 4 is 17.7 Å². The monoisotopic (exact) mass is 495 g/mol. The molecule has 0 aromatic carbocycles. The molecule has 1 amide bonds. The lowest BCUT2D eigenvalue weighted by Gasteiger charge is -2.45. The smallest absolute Gasteiger partial charge is 0.271 e. The second-order valence-corrected chi connectivity index (χ2v) is 9.93. The lowest BCUT2D eigenvalue weighted by atomic mass is 9.90. The van der Waals surface area contributed by atoms with Gasteiger partial charge in [-0.25, -0.2) is 9.37 Å². The Labute approximate surface area is 211 Å². The molecule has 0 saturated carbocycles. The summed E-state index contributed by atoms with van der Waals surface area (Å²) in [6.45, 7) is 11.1. The van der Waals surface area contributed by atoms with Crippen LogP contribution < -0.4 is 10.1 Å². The molecule has 1 atom stereocenters. The zero-order chi connectivity index (χ0) is 25.9. The minimum atomic E-state index is -1.59. The van der Waals surface area contributed by atoms with E-state index >= 15 is 0 Å². The van der Waals surface area contributed by atoms with Gasteiger partial charge in [0.15, 0.2) is 0 Å². The molecular formula is C27H34FN5O3. The van der Waals surface area contributed by atoms with Crippen LogP contribution in [0.5, 0.6) is 5.88 Å². The Morgan fingerprint density at radius 1 is 1.22 bits per heavy atom. The van der Waals surface area contributed by atoms with Gasteiger partial charge in [0, 0.05) is 49.9 Å². The average Bonchev–Trinajstić information content (AvgIpc) is 2.85. The number of aliphatic imine (C=N–C) groups is 1. The van der Waals surface area contributed by atoms with Crippen molar-refractivity contribution in [2.75, 3.05) is 26.3 Å². The Balaban J connectivity index is 1.65. The second-order valence-electron chi connectivity index (χ2n) is 9.93. The van der Waals surface area contributed by atoms with E-state index in [1.165, 1.54) is 26.1 Å². The molecule has 4 heterocycles. The molecule has 0 bridgehead atoms. The van der Waals surface area contributed by atoms with Crippen molar-refractivity contribution in [3.8, 4) is 5.88 Å². The fourth-order valence-electron chi connectivity index (χ4n) is 4.40. The molecule has 2 aliphatic rings. The minimum Gasteiger partial charge on any atom is -0.475 e. The number of halogens is 1. The third-order valence-corrected chi connectivity index (χ3v) is 6.38. The Morgan fingerprint density at radius 2 is 1.97 bits per heavy atom. The van der Waals surface area contributed by atoms with Crippen LogP contribution in [-0.2, 0) is 10.4 Å². The molecule has 1 saturated heterocycles. The highest BCUT2D eigenvalue weighted by atomic mass is 19.1. The van der Waals surface area contributed by atoms with Crippen LogP contribution in [0, 0.1) is 0 Å². The van der Waals surface area contributed by atoms with E-state index in [-0.39, 0.29) is 11.8 Å². The summed E-state index contributed by atoms with van der Waals surface area (Å²) in [5.74, 6) is 0.164. The Bertz CT molecular complexity index is 1150. The summed E-state index contributed by atoms with van der Waals surface area (Å²) >= 11 is 0. The number of nitrogens with zero attached hydrogens (tertiary/aromatic N) is 4. The topological polar surface area (TPSA) is 88.9 Å². The van der Waals surface area contributed by atoms with Gasteiger partial charge in [-0.1, -0.05) is 0 Å². The maximum Gasteiger partial charge on any atom is 0.271 e. The number of allylic oxidation sites excluding steroid dienone is 1. The molecule has 0 aliphatic carbocycles. The molecule has 1 unspecified atom stereocenters. The van der Waals surface area contributed by atoms with Gasteiger partial charge in [-0.15, -0.1) is 0 Å².